The van der Waals surface area contributed by atoms with Crippen molar-refractivity contribution in [3.63, 3.8) is 0 Å². The number of H-pyrrole nitrogens is 1. The zero-order chi connectivity index (χ0) is 17.8. The molecule has 7 heteroatoms. The van der Waals surface area contributed by atoms with Gasteiger partial charge in [0.2, 0.25) is 5.91 Å². The lowest BCUT2D eigenvalue weighted by Gasteiger charge is -2.21. The van der Waals surface area contributed by atoms with Crippen LogP contribution in [0.25, 0.3) is 10.9 Å². The van der Waals surface area contributed by atoms with Gasteiger partial charge in [-0.3, -0.25) is 4.79 Å². The standard InChI is InChI=1S/C18H24N4O3/c1-13(23)21-6-3-7-22(9-8-21)18(24)19-12-15-10-14-11-16(25-2)4-5-17(14)20-15/h4-5,10-11,20H,3,6-9,12H2,1-2H3,(H,19,24). The molecule has 3 rings (SSSR count). The fourth-order valence-corrected chi connectivity index (χ4v) is 3.11. The molecule has 2 aromatic rings. The molecule has 1 aromatic heterocycles. The molecule has 1 aliphatic rings. The first-order valence-corrected chi connectivity index (χ1v) is 8.51. The molecule has 0 unspecified atom stereocenters. The van der Waals surface area contributed by atoms with Crippen molar-refractivity contribution in [2.24, 2.45) is 0 Å². The van der Waals surface area contributed by atoms with Gasteiger partial charge in [0.1, 0.15) is 5.75 Å². The van der Waals surface area contributed by atoms with Crippen molar-refractivity contribution in [1.82, 2.24) is 20.1 Å². The molecule has 134 valence electrons. The smallest absolute Gasteiger partial charge is 0.317 e. The third-order valence-electron chi connectivity index (χ3n) is 4.54. The van der Waals surface area contributed by atoms with Crippen LogP contribution >= 0.6 is 0 Å². The first kappa shape index (κ1) is 17.1. The zero-order valence-electron chi connectivity index (χ0n) is 14.7. The van der Waals surface area contributed by atoms with E-state index in [2.05, 4.69) is 10.3 Å². The van der Waals surface area contributed by atoms with Crippen LogP contribution < -0.4 is 10.1 Å². The van der Waals surface area contributed by atoms with E-state index in [9.17, 15) is 9.59 Å². The third-order valence-corrected chi connectivity index (χ3v) is 4.54. The van der Waals surface area contributed by atoms with Crippen LogP contribution in [0.4, 0.5) is 4.79 Å². The van der Waals surface area contributed by atoms with Crippen LogP contribution in [-0.2, 0) is 11.3 Å². The van der Waals surface area contributed by atoms with Gasteiger partial charge in [0.15, 0.2) is 0 Å². The van der Waals surface area contributed by atoms with E-state index < -0.39 is 0 Å². The van der Waals surface area contributed by atoms with Gasteiger partial charge >= 0.3 is 6.03 Å². The second-order valence-corrected chi connectivity index (χ2v) is 6.25. The molecular weight excluding hydrogens is 320 g/mol. The number of hydrogen-bond acceptors (Lipinski definition) is 3. The maximum atomic E-state index is 12.4. The molecule has 0 atom stereocenters. The Bertz CT molecular complexity index is 771. The molecule has 2 N–H and O–H groups in total. The van der Waals surface area contributed by atoms with Crippen LogP contribution in [0.2, 0.25) is 0 Å². The van der Waals surface area contributed by atoms with E-state index in [4.69, 9.17) is 4.74 Å². The van der Waals surface area contributed by atoms with Crippen molar-refractivity contribution in [3.05, 3.63) is 30.0 Å². The molecule has 0 radical (unpaired) electrons. The lowest BCUT2D eigenvalue weighted by molar-refractivity contribution is -0.128. The molecule has 0 aliphatic carbocycles. The molecule has 0 saturated carbocycles. The van der Waals surface area contributed by atoms with E-state index in [1.54, 1.807) is 23.8 Å². The van der Waals surface area contributed by atoms with E-state index >= 15 is 0 Å². The van der Waals surface area contributed by atoms with Crippen molar-refractivity contribution in [3.8, 4) is 5.75 Å². The van der Waals surface area contributed by atoms with Crippen molar-refractivity contribution >= 4 is 22.8 Å². The summed E-state index contributed by atoms with van der Waals surface area (Å²) in [7, 11) is 1.64. The van der Waals surface area contributed by atoms with Crippen molar-refractivity contribution < 1.29 is 14.3 Å². The normalized spacial score (nSPS) is 15.1. The Kier molecular flexibility index (Phi) is 5.11. The summed E-state index contributed by atoms with van der Waals surface area (Å²) in [6, 6.07) is 7.74. The molecular formula is C18H24N4O3. The molecule has 2 heterocycles. The van der Waals surface area contributed by atoms with Crippen LogP contribution in [0.3, 0.4) is 0 Å². The topological polar surface area (TPSA) is 77.7 Å². The fourth-order valence-electron chi connectivity index (χ4n) is 3.11. The minimum atomic E-state index is -0.0957. The van der Waals surface area contributed by atoms with Gasteiger partial charge in [-0.15, -0.1) is 0 Å². The number of rotatable bonds is 3. The van der Waals surface area contributed by atoms with Crippen molar-refractivity contribution in [1.29, 1.82) is 0 Å². The summed E-state index contributed by atoms with van der Waals surface area (Å²) in [4.78, 5) is 30.7. The fraction of sp³-hybridized carbons (Fsp3) is 0.444. The Balaban J connectivity index is 1.57. The molecule has 7 nitrogen and oxygen atoms in total. The van der Waals surface area contributed by atoms with E-state index in [0.717, 1.165) is 28.8 Å². The summed E-state index contributed by atoms with van der Waals surface area (Å²) in [5, 5.41) is 4.00. The number of methoxy groups -OCH3 is 1. The van der Waals surface area contributed by atoms with Gasteiger partial charge in [0.05, 0.1) is 13.7 Å². The molecule has 25 heavy (non-hydrogen) atoms. The number of nitrogens with one attached hydrogen (secondary N) is 2. The van der Waals surface area contributed by atoms with Crippen molar-refractivity contribution in [2.45, 2.75) is 19.9 Å². The van der Waals surface area contributed by atoms with Gasteiger partial charge in [0.25, 0.3) is 0 Å². The minimum absolute atomic E-state index is 0.0655. The second kappa shape index (κ2) is 7.46. The number of amides is 3. The number of carbonyl (C=O) groups is 2. The van der Waals surface area contributed by atoms with E-state index in [0.29, 0.717) is 32.7 Å². The van der Waals surface area contributed by atoms with Gasteiger partial charge in [-0.05, 0) is 30.7 Å². The van der Waals surface area contributed by atoms with Crippen LogP contribution in [0.1, 0.15) is 19.0 Å². The number of ether oxygens (including phenoxy) is 1. The van der Waals surface area contributed by atoms with E-state index in [-0.39, 0.29) is 11.9 Å². The van der Waals surface area contributed by atoms with E-state index in [1.165, 1.54) is 0 Å². The highest BCUT2D eigenvalue weighted by Crippen LogP contribution is 2.21. The molecule has 0 bridgehead atoms. The highest BCUT2D eigenvalue weighted by atomic mass is 16.5. The predicted molar refractivity (Wildman–Crippen MR) is 95.5 cm³/mol. The maximum absolute atomic E-state index is 12.4. The van der Waals surface area contributed by atoms with Gasteiger partial charge in [-0.2, -0.15) is 0 Å². The zero-order valence-corrected chi connectivity index (χ0v) is 14.7. The first-order chi connectivity index (χ1) is 12.1. The number of nitrogens with zero attached hydrogens (tertiary/aromatic N) is 2. The number of aromatic nitrogens is 1. The monoisotopic (exact) mass is 344 g/mol. The summed E-state index contributed by atoms with van der Waals surface area (Å²) < 4.78 is 5.23. The Hall–Kier alpha value is -2.70. The SMILES string of the molecule is COc1ccc2[nH]c(CNC(=O)N3CCCN(C(C)=O)CC3)cc2c1. The number of carbonyl (C=O) groups excluding carboxylic acids is 2. The highest BCUT2D eigenvalue weighted by molar-refractivity contribution is 5.82. The Morgan fingerprint density at radius 1 is 1.16 bits per heavy atom. The number of hydrogen-bond donors (Lipinski definition) is 2. The second-order valence-electron chi connectivity index (χ2n) is 6.25. The molecule has 0 spiro atoms. The number of benzene rings is 1. The number of aromatic amines is 1. The van der Waals surface area contributed by atoms with Gasteiger partial charge in [-0.1, -0.05) is 0 Å². The van der Waals surface area contributed by atoms with Crippen LogP contribution in [0.5, 0.6) is 5.75 Å². The highest BCUT2D eigenvalue weighted by Gasteiger charge is 2.20. The lowest BCUT2D eigenvalue weighted by atomic mass is 10.2. The van der Waals surface area contributed by atoms with Gasteiger partial charge in [-0.25, -0.2) is 4.79 Å². The van der Waals surface area contributed by atoms with E-state index in [1.807, 2.05) is 24.3 Å². The average Bonchev–Trinajstić information content (AvgIpc) is 2.84. The Morgan fingerprint density at radius 3 is 2.68 bits per heavy atom. The molecule has 1 aromatic carbocycles. The molecule has 3 amide bonds. The minimum Gasteiger partial charge on any atom is -0.497 e. The summed E-state index contributed by atoms with van der Waals surface area (Å²) in [6.07, 6.45) is 0.805. The van der Waals surface area contributed by atoms with Crippen LogP contribution in [0, 0.1) is 0 Å². The summed E-state index contributed by atoms with van der Waals surface area (Å²) in [5.74, 6) is 0.873. The third kappa shape index (κ3) is 4.04. The Morgan fingerprint density at radius 2 is 1.92 bits per heavy atom. The van der Waals surface area contributed by atoms with Gasteiger partial charge < -0.3 is 24.8 Å². The lowest BCUT2D eigenvalue weighted by Crippen LogP contribution is -2.42. The van der Waals surface area contributed by atoms with Crippen LogP contribution in [0.15, 0.2) is 24.3 Å². The first-order valence-electron chi connectivity index (χ1n) is 8.51. The van der Waals surface area contributed by atoms with Gasteiger partial charge in [0, 0.05) is 49.7 Å². The molecule has 1 fully saturated rings. The largest absolute Gasteiger partial charge is 0.497 e. The molecule has 1 aliphatic heterocycles. The number of fused-ring (bicyclic) bond motifs is 1. The Labute approximate surface area is 146 Å². The summed E-state index contributed by atoms with van der Waals surface area (Å²) in [6.45, 7) is 4.54. The summed E-state index contributed by atoms with van der Waals surface area (Å²) >= 11 is 0. The maximum Gasteiger partial charge on any atom is 0.317 e. The summed E-state index contributed by atoms with van der Waals surface area (Å²) in [5.41, 5.74) is 1.95. The number of urea groups is 1. The molecule has 1 saturated heterocycles. The average molecular weight is 344 g/mol. The predicted octanol–water partition coefficient (Wildman–Crippen LogP) is 1.94. The van der Waals surface area contributed by atoms with Crippen molar-refractivity contribution in [2.75, 3.05) is 33.3 Å². The quantitative estimate of drug-likeness (QED) is 0.893. The van der Waals surface area contributed by atoms with Crippen LogP contribution in [-0.4, -0.2) is 60.0 Å².